The van der Waals surface area contributed by atoms with Crippen LogP contribution in [-0.2, 0) is 4.79 Å². The molecule has 0 fully saturated rings. The molecular weight excluding hydrogens is 336 g/mol. The predicted octanol–water partition coefficient (Wildman–Crippen LogP) is 3.84. The Kier molecular flexibility index (Phi) is 6.55. The number of aliphatic carboxylic acids is 1. The number of hydrogen-bond donors (Lipinski definition) is 2. The first-order valence-corrected chi connectivity index (χ1v) is 8.54. The van der Waals surface area contributed by atoms with E-state index in [4.69, 9.17) is 16.7 Å². The van der Waals surface area contributed by atoms with Crippen molar-refractivity contribution in [1.82, 2.24) is 10.3 Å². The number of aromatic nitrogens is 1. The number of carboxylic acid groups (broad SMARTS) is 1. The van der Waals surface area contributed by atoms with E-state index in [1.54, 1.807) is 11.4 Å². The average Bonchev–Trinajstić information content (AvgIpc) is 3.00. The molecule has 2 N–H and O–H groups in total. The SMILES string of the molecule is O=C(O)CCCCCNC(=O)c1csc(-c2ccccc2Cl)n1. The molecule has 0 aliphatic carbocycles. The second-order valence-electron chi connectivity index (χ2n) is 4.98. The standard InChI is InChI=1S/C16H17ClN2O3S/c17-12-7-4-3-6-11(12)16-19-13(10-23-16)15(22)18-9-5-1-2-8-14(20)21/h3-4,6-7,10H,1-2,5,8-9H2,(H,18,22)(H,20,21). The average molecular weight is 353 g/mol. The van der Waals surface area contributed by atoms with Gasteiger partial charge in [0.15, 0.2) is 0 Å². The number of benzene rings is 1. The van der Waals surface area contributed by atoms with Crippen LogP contribution in [0.15, 0.2) is 29.6 Å². The summed E-state index contributed by atoms with van der Waals surface area (Å²) in [7, 11) is 0. The van der Waals surface area contributed by atoms with Crippen LogP contribution in [-0.4, -0.2) is 28.5 Å². The maximum absolute atomic E-state index is 12.0. The minimum Gasteiger partial charge on any atom is -0.481 e. The van der Waals surface area contributed by atoms with Crippen molar-refractivity contribution >= 4 is 34.8 Å². The summed E-state index contributed by atoms with van der Waals surface area (Å²) in [6.45, 7) is 0.511. The number of halogens is 1. The molecule has 7 heteroatoms. The monoisotopic (exact) mass is 352 g/mol. The highest BCUT2D eigenvalue weighted by Gasteiger charge is 2.12. The first kappa shape index (κ1) is 17.4. The molecule has 2 rings (SSSR count). The number of carboxylic acids is 1. The lowest BCUT2D eigenvalue weighted by Gasteiger charge is -2.02. The van der Waals surface area contributed by atoms with Gasteiger partial charge in [-0.2, -0.15) is 0 Å². The van der Waals surface area contributed by atoms with Gasteiger partial charge in [0.1, 0.15) is 10.7 Å². The molecule has 0 aliphatic rings. The first-order valence-electron chi connectivity index (χ1n) is 7.28. The number of carbonyl (C=O) groups is 2. The third-order valence-corrected chi connectivity index (χ3v) is 4.40. The molecule has 122 valence electrons. The van der Waals surface area contributed by atoms with Gasteiger partial charge >= 0.3 is 5.97 Å². The number of amides is 1. The fraction of sp³-hybridized carbons (Fsp3) is 0.312. The number of hydrogen-bond acceptors (Lipinski definition) is 4. The number of rotatable bonds is 8. The molecule has 0 aliphatic heterocycles. The summed E-state index contributed by atoms with van der Waals surface area (Å²) in [5.74, 6) is -1.01. The van der Waals surface area contributed by atoms with Gasteiger partial charge < -0.3 is 10.4 Å². The van der Waals surface area contributed by atoms with Gasteiger partial charge in [0.05, 0.1) is 5.02 Å². The molecular formula is C16H17ClN2O3S. The van der Waals surface area contributed by atoms with E-state index in [1.807, 2.05) is 18.2 Å². The lowest BCUT2D eigenvalue weighted by molar-refractivity contribution is -0.137. The molecule has 0 saturated heterocycles. The van der Waals surface area contributed by atoms with Crippen molar-refractivity contribution in [3.05, 3.63) is 40.4 Å². The summed E-state index contributed by atoms with van der Waals surface area (Å²) in [6.07, 6.45) is 2.31. The number of nitrogens with zero attached hydrogens (tertiary/aromatic N) is 1. The Hall–Kier alpha value is -1.92. The van der Waals surface area contributed by atoms with Crippen molar-refractivity contribution in [2.45, 2.75) is 25.7 Å². The van der Waals surface area contributed by atoms with Crippen molar-refractivity contribution in [1.29, 1.82) is 0 Å². The highest BCUT2D eigenvalue weighted by molar-refractivity contribution is 7.13. The first-order chi connectivity index (χ1) is 11.1. The molecule has 1 heterocycles. The van der Waals surface area contributed by atoms with Gasteiger partial charge in [0, 0.05) is 23.9 Å². The van der Waals surface area contributed by atoms with Crippen LogP contribution in [0.4, 0.5) is 0 Å². The largest absolute Gasteiger partial charge is 0.481 e. The summed E-state index contributed by atoms with van der Waals surface area (Å²) < 4.78 is 0. The smallest absolute Gasteiger partial charge is 0.303 e. The van der Waals surface area contributed by atoms with Gasteiger partial charge in [-0.1, -0.05) is 36.2 Å². The van der Waals surface area contributed by atoms with Crippen molar-refractivity contribution in [3.63, 3.8) is 0 Å². The third-order valence-electron chi connectivity index (χ3n) is 3.19. The zero-order valence-electron chi connectivity index (χ0n) is 12.4. The normalized spacial score (nSPS) is 10.5. The predicted molar refractivity (Wildman–Crippen MR) is 91.0 cm³/mol. The molecule has 0 saturated carbocycles. The molecule has 0 bridgehead atoms. The molecule has 2 aromatic rings. The Labute approximate surface area is 143 Å². The van der Waals surface area contributed by atoms with E-state index in [0.29, 0.717) is 28.7 Å². The molecule has 5 nitrogen and oxygen atoms in total. The number of carbonyl (C=O) groups excluding carboxylic acids is 1. The second kappa shape index (κ2) is 8.64. The molecule has 0 unspecified atom stereocenters. The zero-order chi connectivity index (χ0) is 16.7. The highest BCUT2D eigenvalue weighted by Crippen LogP contribution is 2.29. The molecule has 1 aromatic heterocycles. The summed E-state index contributed by atoms with van der Waals surface area (Å²) in [5.41, 5.74) is 1.18. The van der Waals surface area contributed by atoms with E-state index in [-0.39, 0.29) is 12.3 Å². The lowest BCUT2D eigenvalue weighted by atomic mass is 10.2. The van der Waals surface area contributed by atoms with E-state index in [2.05, 4.69) is 10.3 Å². The van der Waals surface area contributed by atoms with E-state index in [1.165, 1.54) is 11.3 Å². The number of nitrogens with one attached hydrogen (secondary N) is 1. The fourth-order valence-corrected chi connectivity index (χ4v) is 3.13. The van der Waals surface area contributed by atoms with Gasteiger partial charge in [-0.25, -0.2) is 4.98 Å². The van der Waals surface area contributed by atoms with Crippen LogP contribution in [0.25, 0.3) is 10.6 Å². The minimum absolute atomic E-state index is 0.168. The minimum atomic E-state index is -0.788. The van der Waals surface area contributed by atoms with Crippen molar-refractivity contribution in [2.75, 3.05) is 6.54 Å². The van der Waals surface area contributed by atoms with Gasteiger partial charge in [0.25, 0.3) is 5.91 Å². The van der Waals surface area contributed by atoms with Gasteiger partial charge in [-0.05, 0) is 18.9 Å². The molecule has 0 spiro atoms. The van der Waals surface area contributed by atoms with Gasteiger partial charge in [-0.3, -0.25) is 9.59 Å². The maximum atomic E-state index is 12.0. The molecule has 0 atom stereocenters. The summed E-state index contributed by atoms with van der Waals surface area (Å²) in [4.78, 5) is 26.7. The molecule has 0 radical (unpaired) electrons. The lowest BCUT2D eigenvalue weighted by Crippen LogP contribution is -2.24. The van der Waals surface area contributed by atoms with Crippen LogP contribution in [0.2, 0.25) is 5.02 Å². The Morgan fingerprint density at radius 3 is 2.74 bits per heavy atom. The van der Waals surface area contributed by atoms with Crippen LogP contribution >= 0.6 is 22.9 Å². The number of unbranched alkanes of at least 4 members (excludes halogenated alkanes) is 2. The Balaban J connectivity index is 1.82. The number of thiazole rings is 1. The van der Waals surface area contributed by atoms with Crippen molar-refractivity contribution in [3.8, 4) is 10.6 Å². The Morgan fingerprint density at radius 2 is 2.00 bits per heavy atom. The van der Waals surface area contributed by atoms with Crippen molar-refractivity contribution < 1.29 is 14.7 Å². The van der Waals surface area contributed by atoms with E-state index < -0.39 is 5.97 Å². The van der Waals surface area contributed by atoms with Crippen LogP contribution in [0.5, 0.6) is 0 Å². The van der Waals surface area contributed by atoms with Gasteiger partial charge in [0.2, 0.25) is 0 Å². The summed E-state index contributed by atoms with van der Waals surface area (Å²) >= 11 is 7.50. The topological polar surface area (TPSA) is 79.3 Å². The van der Waals surface area contributed by atoms with Crippen molar-refractivity contribution in [2.24, 2.45) is 0 Å². The van der Waals surface area contributed by atoms with E-state index in [9.17, 15) is 9.59 Å². The van der Waals surface area contributed by atoms with E-state index in [0.717, 1.165) is 18.4 Å². The van der Waals surface area contributed by atoms with Crippen LogP contribution in [0, 0.1) is 0 Å². The van der Waals surface area contributed by atoms with E-state index >= 15 is 0 Å². The van der Waals surface area contributed by atoms with Gasteiger partial charge in [-0.15, -0.1) is 11.3 Å². The van der Waals surface area contributed by atoms with Crippen LogP contribution < -0.4 is 5.32 Å². The molecule has 23 heavy (non-hydrogen) atoms. The third kappa shape index (κ3) is 5.33. The van der Waals surface area contributed by atoms with Crippen LogP contribution in [0.3, 0.4) is 0 Å². The summed E-state index contributed by atoms with van der Waals surface area (Å²) in [6, 6.07) is 7.37. The zero-order valence-corrected chi connectivity index (χ0v) is 14.0. The Morgan fingerprint density at radius 1 is 1.22 bits per heavy atom. The quantitative estimate of drug-likeness (QED) is 0.707. The Bertz CT molecular complexity index is 687. The summed E-state index contributed by atoms with van der Waals surface area (Å²) in [5, 5.41) is 14.3. The highest BCUT2D eigenvalue weighted by atomic mass is 35.5. The molecule has 1 amide bonds. The second-order valence-corrected chi connectivity index (χ2v) is 6.24. The fourth-order valence-electron chi connectivity index (χ4n) is 2.01. The maximum Gasteiger partial charge on any atom is 0.303 e. The van der Waals surface area contributed by atoms with Crippen LogP contribution in [0.1, 0.15) is 36.2 Å². The molecule has 1 aromatic carbocycles.